The van der Waals surface area contributed by atoms with Crippen molar-refractivity contribution >= 4 is 32.9 Å². The summed E-state index contributed by atoms with van der Waals surface area (Å²) in [6.07, 6.45) is 4.21. The highest BCUT2D eigenvalue weighted by Gasteiger charge is 2.31. The largest absolute Gasteiger partial charge is 0.453 e. The van der Waals surface area contributed by atoms with E-state index in [2.05, 4.69) is 0 Å². The predicted octanol–water partition coefficient (Wildman–Crippen LogP) is 3.36. The SMILES string of the molecule is Cc1cc(C(=O)COC(=O)c2sccc2-n2cccc2)c(C)n1[C@@H]1CCS(=O)(=O)C1. The molecule has 0 aliphatic carbocycles. The van der Waals surface area contributed by atoms with Gasteiger partial charge >= 0.3 is 5.97 Å². The van der Waals surface area contributed by atoms with Crippen molar-refractivity contribution < 1.29 is 22.7 Å². The topological polar surface area (TPSA) is 87.4 Å². The van der Waals surface area contributed by atoms with E-state index in [4.69, 9.17) is 4.74 Å². The summed E-state index contributed by atoms with van der Waals surface area (Å²) in [5.41, 5.74) is 2.71. The van der Waals surface area contributed by atoms with Gasteiger partial charge in [0.15, 0.2) is 16.4 Å². The van der Waals surface area contributed by atoms with E-state index in [1.165, 1.54) is 11.3 Å². The van der Waals surface area contributed by atoms with Gasteiger partial charge in [0.05, 0.1) is 17.2 Å². The number of aromatic nitrogens is 2. The van der Waals surface area contributed by atoms with Gasteiger partial charge in [-0.15, -0.1) is 11.3 Å². The van der Waals surface area contributed by atoms with Crippen LogP contribution in [0.1, 0.15) is 43.9 Å². The van der Waals surface area contributed by atoms with E-state index in [1.54, 1.807) is 18.4 Å². The lowest BCUT2D eigenvalue weighted by Gasteiger charge is -2.16. The van der Waals surface area contributed by atoms with Crippen LogP contribution in [0.15, 0.2) is 42.0 Å². The molecule has 0 N–H and O–H groups in total. The van der Waals surface area contributed by atoms with Gasteiger partial charge in [0.25, 0.3) is 0 Å². The first-order valence-electron chi connectivity index (χ1n) is 9.57. The van der Waals surface area contributed by atoms with E-state index in [1.807, 2.05) is 46.7 Å². The molecule has 0 amide bonds. The maximum Gasteiger partial charge on any atom is 0.350 e. The molecule has 0 bridgehead atoms. The second kappa shape index (κ2) is 7.88. The van der Waals surface area contributed by atoms with E-state index in [0.717, 1.165) is 5.69 Å². The predicted molar refractivity (Wildman–Crippen MR) is 114 cm³/mol. The molecule has 3 aromatic rings. The highest BCUT2D eigenvalue weighted by atomic mass is 32.2. The van der Waals surface area contributed by atoms with Crippen molar-refractivity contribution in [2.75, 3.05) is 18.1 Å². The first-order chi connectivity index (χ1) is 14.3. The summed E-state index contributed by atoms with van der Waals surface area (Å²) < 4.78 is 32.7. The Morgan fingerprint density at radius 2 is 1.97 bits per heavy atom. The normalized spacial score (nSPS) is 17.9. The Kier molecular flexibility index (Phi) is 5.42. The number of nitrogens with zero attached hydrogens (tertiary/aromatic N) is 2. The lowest BCUT2D eigenvalue weighted by molar-refractivity contribution is 0.0479. The molecule has 3 aromatic heterocycles. The first-order valence-corrected chi connectivity index (χ1v) is 12.3. The summed E-state index contributed by atoms with van der Waals surface area (Å²) in [6, 6.07) is 7.14. The number of hydrogen-bond donors (Lipinski definition) is 0. The van der Waals surface area contributed by atoms with Crippen LogP contribution in [0.5, 0.6) is 0 Å². The molecule has 1 aliphatic heterocycles. The molecule has 0 radical (unpaired) electrons. The molecular formula is C21H22N2O5S2. The highest BCUT2D eigenvalue weighted by molar-refractivity contribution is 7.91. The number of thiophene rings is 1. The number of sulfone groups is 1. The molecule has 30 heavy (non-hydrogen) atoms. The van der Waals surface area contributed by atoms with E-state index < -0.39 is 15.8 Å². The van der Waals surface area contributed by atoms with Gasteiger partial charge in [-0.25, -0.2) is 13.2 Å². The third-order valence-corrected chi connectivity index (χ3v) is 8.04. The van der Waals surface area contributed by atoms with Crippen molar-refractivity contribution in [3.05, 3.63) is 63.9 Å². The van der Waals surface area contributed by atoms with Gasteiger partial charge < -0.3 is 13.9 Å². The molecule has 158 valence electrons. The standard InChI is InChI=1S/C21H22N2O5S2/c1-14-11-17(15(2)23(14)16-6-10-30(26,27)13-16)19(24)12-28-21(25)20-18(5-9-29-20)22-7-3-4-8-22/h3-5,7-9,11,16H,6,10,12-13H2,1-2H3/t16-/m1/s1. The summed E-state index contributed by atoms with van der Waals surface area (Å²) in [5, 5.41) is 1.80. The van der Waals surface area contributed by atoms with E-state index in [0.29, 0.717) is 28.2 Å². The molecule has 1 aliphatic rings. The monoisotopic (exact) mass is 446 g/mol. The third-order valence-electron chi connectivity index (χ3n) is 5.41. The summed E-state index contributed by atoms with van der Waals surface area (Å²) in [5.74, 6) is -0.590. The smallest absolute Gasteiger partial charge is 0.350 e. The molecule has 7 nitrogen and oxygen atoms in total. The Balaban J connectivity index is 1.47. The van der Waals surface area contributed by atoms with Crippen molar-refractivity contribution in [2.45, 2.75) is 26.3 Å². The molecule has 1 saturated heterocycles. The van der Waals surface area contributed by atoms with Gasteiger partial charge in [-0.1, -0.05) is 0 Å². The zero-order chi connectivity index (χ0) is 21.5. The number of ether oxygens (including phenoxy) is 1. The molecule has 0 unspecified atom stereocenters. The van der Waals surface area contributed by atoms with Crippen LogP contribution in [0.4, 0.5) is 0 Å². The quantitative estimate of drug-likeness (QED) is 0.428. The minimum atomic E-state index is -3.03. The molecule has 4 heterocycles. The van der Waals surface area contributed by atoms with Crippen LogP contribution in [-0.4, -0.2) is 47.4 Å². The van der Waals surface area contributed by atoms with Crippen molar-refractivity contribution in [2.24, 2.45) is 0 Å². The third kappa shape index (κ3) is 3.87. The Morgan fingerprint density at radius 3 is 2.63 bits per heavy atom. The maximum atomic E-state index is 12.8. The summed E-state index contributed by atoms with van der Waals surface area (Å²) in [7, 11) is -3.03. The number of ketones is 1. The number of esters is 1. The second-order valence-corrected chi connectivity index (χ2v) is 10.6. The molecule has 1 fully saturated rings. The van der Waals surface area contributed by atoms with Crippen LogP contribution >= 0.6 is 11.3 Å². The van der Waals surface area contributed by atoms with Crippen molar-refractivity contribution in [1.29, 1.82) is 0 Å². The first kappa shape index (κ1) is 20.6. The van der Waals surface area contributed by atoms with Gasteiger partial charge in [0.1, 0.15) is 4.88 Å². The number of rotatable bonds is 6. The number of hydrogen-bond acceptors (Lipinski definition) is 6. The average Bonchev–Trinajstić information content (AvgIpc) is 3.46. The fourth-order valence-corrected chi connectivity index (χ4v) is 6.51. The van der Waals surface area contributed by atoms with Gasteiger partial charge in [0, 0.05) is 35.4 Å². The van der Waals surface area contributed by atoms with Crippen molar-refractivity contribution in [3.8, 4) is 5.69 Å². The van der Waals surface area contributed by atoms with Gasteiger partial charge in [-0.3, -0.25) is 4.79 Å². The van der Waals surface area contributed by atoms with E-state index in [9.17, 15) is 18.0 Å². The Hall–Kier alpha value is -2.65. The minimum Gasteiger partial charge on any atom is -0.453 e. The molecule has 0 aromatic carbocycles. The van der Waals surface area contributed by atoms with Crippen molar-refractivity contribution in [3.63, 3.8) is 0 Å². The minimum absolute atomic E-state index is 0.0898. The Labute approximate surface area is 178 Å². The van der Waals surface area contributed by atoms with Crippen molar-refractivity contribution in [1.82, 2.24) is 9.13 Å². The molecular weight excluding hydrogens is 424 g/mol. The van der Waals surface area contributed by atoms with Crippen LogP contribution in [0.25, 0.3) is 5.69 Å². The Morgan fingerprint density at radius 1 is 1.23 bits per heavy atom. The van der Waals surface area contributed by atoms with E-state index >= 15 is 0 Å². The highest BCUT2D eigenvalue weighted by Crippen LogP contribution is 2.29. The van der Waals surface area contributed by atoms with Crippen LogP contribution in [0.3, 0.4) is 0 Å². The van der Waals surface area contributed by atoms with Crippen LogP contribution in [-0.2, 0) is 14.6 Å². The number of carbonyl (C=O) groups excluding carboxylic acids is 2. The molecule has 0 saturated carbocycles. The molecule has 4 rings (SSSR count). The Bertz CT molecular complexity index is 1200. The number of Topliss-reactive ketones (excluding diaryl/α,β-unsaturated/α-hetero) is 1. The summed E-state index contributed by atoms with van der Waals surface area (Å²) in [4.78, 5) is 25.7. The number of aryl methyl sites for hydroxylation is 1. The lowest BCUT2D eigenvalue weighted by Crippen LogP contribution is -2.17. The van der Waals surface area contributed by atoms with Crippen LogP contribution in [0, 0.1) is 13.8 Å². The van der Waals surface area contributed by atoms with E-state index in [-0.39, 0.29) is 29.9 Å². The summed E-state index contributed by atoms with van der Waals surface area (Å²) in [6.45, 7) is 3.29. The van der Waals surface area contributed by atoms with Crippen LogP contribution < -0.4 is 0 Å². The van der Waals surface area contributed by atoms with Crippen LogP contribution in [0.2, 0.25) is 0 Å². The molecule has 1 atom stereocenters. The van der Waals surface area contributed by atoms with Gasteiger partial charge in [-0.2, -0.15) is 0 Å². The fourth-order valence-electron chi connectivity index (χ4n) is 4.03. The number of carbonyl (C=O) groups is 2. The van der Waals surface area contributed by atoms with Gasteiger partial charge in [-0.05, 0) is 49.9 Å². The molecule has 0 spiro atoms. The molecule has 9 heteroatoms. The second-order valence-electron chi connectivity index (χ2n) is 7.44. The zero-order valence-electron chi connectivity index (χ0n) is 16.7. The fraction of sp³-hybridized carbons (Fsp3) is 0.333. The average molecular weight is 447 g/mol. The summed E-state index contributed by atoms with van der Waals surface area (Å²) >= 11 is 1.26. The van der Waals surface area contributed by atoms with Gasteiger partial charge in [0.2, 0.25) is 5.78 Å². The lowest BCUT2D eigenvalue weighted by atomic mass is 10.1. The zero-order valence-corrected chi connectivity index (χ0v) is 18.3. The maximum absolute atomic E-state index is 12.8.